The van der Waals surface area contributed by atoms with Gasteiger partial charge in [0.15, 0.2) is 5.78 Å². The summed E-state index contributed by atoms with van der Waals surface area (Å²) < 4.78 is 0. The van der Waals surface area contributed by atoms with E-state index in [2.05, 4.69) is 10.3 Å². The molecule has 5 rings (SSSR count). The molecule has 3 aliphatic rings. The van der Waals surface area contributed by atoms with Crippen LogP contribution in [0.2, 0.25) is 0 Å². The highest BCUT2D eigenvalue weighted by Crippen LogP contribution is 2.39. The molecule has 0 bridgehead atoms. The second kappa shape index (κ2) is 8.01. The summed E-state index contributed by atoms with van der Waals surface area (Å²) in [4.78, 5) is 44.3. The summed E-state index contributed by atoms with van der Waals surface area (Å²) in [6.07, 6.45) is 7.85. The van der Waals surface area contributed by atoms with E-state index < -0.39 is 0 Å². The van der Waals surface area contributed by atoms with Crippen molar-refractivity contribution in [1.29, 1.82) is 0 Å². The van der Waals surface area contributed by atoms with Crippen molar-refractivity contribution < 1.29 is 14.4 Å². The molecule has 6 nitrogen and oxygen atoms in total. The van der Waals surface area contributed by atoms with Crippen LogP contribution >= 0.6 is 0 Å². The highest BCUT2D eigenvalue weighted by Gasteiger charge is 2.37. The molecule has 2 aromatic rings. The highest BCUT2D eigenvalue weighted by molar-refractivity contribution is 6.35. The number of carbonyl (C=O) groups excluding carboxylic acids is 3. The molecule has 1 fully saturated rings. The van der Waals surface area contributed by atoms with Gasteiger partial charge in [0.2, 0.25) is 0 Å². The Balaban J connectivity index is 1.51. The Morgan fingerprint density at radius 1 is 1.09 bits per heavy atom. The van der Waals surface area contributed by atoms with Crippen molar-refractivity contribution in [3.63, 3.8) is 0 Å². The van der Waals surface area contributed by atoms with Gasteiger partial charge < -0.3 is 15.2 Å². The van der Waals surface area contributed by atoms with Crippen molar-refractivity contribution in [3.05, 3.63) is 51.8 Å². The van der Waals surface area contributed by atoms with Crippen LogP contribution in [0.3, 0.4) is 0 Å². The molecule has 1 saturated heterocycles. The van der Waals surface area contributed by atoms with E-state index in [0.717, 1.165) is 66.9 Å². The van der Waals surface area contributed by atoms with E-state index in [1.54, 1.807) is 6.07 Å². The first-order valence-corrected chi connectivity index (χ1v) is 12.0. The molecule has 2 amide bonds. The van der Waals surface area contributed by atoms with Gasteiger partial charge in [-0.15, -0.1) is 0 Å². The van der Waals surface area contributed by atoms with Crippen LogP contribution in [0.25, 0.3) is 11.6 Å². The number of rotatable bonds is 2. The average Bonchev–Trinajstić information content (AvgIpc) is 3.11. The molecule has 0 radical (unpaired) electrons. The zero-order chi connectivity index (χ0) is 23.3. The fraction of sp³-hybridized carbons (Fsp3) is 0.444. The lowest BCUT2D eigenvalue weighted by molar-refractivity contribution is -0.110. The molecular weight excluding hydrogens is 414 g/mol. The summed E-state index contributed by atoms with van der Waals surface area (Å²) in [5.41, 5.74) is 5.59. The number of fused-ring (bicyclic) bond motifs is 2. The number of ketones is 1. The molecule has 3 heterocycles. The predicted octanol–water partition coefficient (Wildman–Crippen LogP) is 4.99. The second-order valence-corrected chi connectivity index (χ2v) is 10.2. The van der Waals surface area contributed by atoms with E-state index in [1.807, 2.05) is 43.9 Å². The lowest BCUT2D eigenvalue weighted by Crippen LogP contribution is -2.31. The first-order chi connectivity index (χ1) is 15.8. The Morgan fingerprint density at radius 3 is 2.55 bits per heavy atom. The van der Waals surface area contributed by atoms with Gasteiger partial charge in [-0.3, -0.25) is 14.4 Å². The number of likely N-dealkylation sites (tertiary alicyclic amines) is 1. The van der Waals surface area contributed by atoms with Crippen LogP contribution in [0.4, 0.5) is 5.69 Å². The smallest absolute Gasteiger partial charge is 0.256 e. The summed E-state index contributed by atoms with van der Waals surface area (Å²) in [5, 5.41) is 2.91. The monoisotopic (exact) mass is 445 g/mol. The fourth-order valence-electron chi connectivity index (χ4n) is 5.27. The molecule has 2 N–H and O–H groups in total. The Kier molecular flexibility index (Phi) is 5.26. The molecule has 2 aliphatic heterocycles. The molecule has 1 aromatic carbocycles. The van der Waals surface area contributed by atoms with Gasteiger partial charge in [0.1, 0.15) is 0 Å². The summed E-state index contributed by atoms with van der Waals surface area (Å²) in [7, 11) is 0. The number of amides is 2. The van der Waals surface area contributed by atoms with E-state index in [9.17, 15) is 14.4 Å². The predicted molar refractivity (Wildman–Crippen MR) is 129 cm³/mol. The van der Waals surface area contributed by atoms with Crippen LogP contribution in [0, 0.1) is 12.3 Å². The van der Waals surface area contributed by atoms with E-state index in [4.69, 9.17) is 0 Å². The number of nitrogens with zero attached hydrogens (tertiary/aromatic N) is 1. The molecule has 0 spiro atoms. The minimum absolute atomic E-state index is 0.0257. The number of aromatic amines is 1. The number of hydrogen-bond acceptors (Lipinski definition) is 3. The SMILES string of the molecule is Cc1c(/C=C2\C(=O)Nc3ccc(C(=O)N4CCCCCC4)cc32)[nH]c2c1C(=O)C(C)(C)CC2. The molecule has 6 heteroatoms. The number of benzene rings is 1. The maximum absolute atomic E-state index is 13.1. The minimum atomic E-state index is -0.371. The van der Waals surface area contributed by atoms with Gasteiger partial charge >= 0.3 is 0 Å². The lowest BCUT2D eigenvalue weighted by atomic mass is 9.74. The number of anilines is 1. The van der Waals surface area contributed by atoms with Gasteiger partial charge in [-0.25, -0.2) is 0 Å². The number of nitrogens with one attached hydrogen (secondary N) is 2. The molecule has 172 valence electrons. The average molecular weight is 446 g/mol. The number of aryl methyl sites for hydroxylation is 1. The highest BCUT2D eigenvalue weighted by atomic mass is 16.2. The van der Waals surface area contributed by atoms with Crippen molar-refractivity contribution >= 4 is 34.9 Å². The van der Waals surface area contributed by atoms with Crippen LogP contribution in [-0.2, 0) is 11.2 Å². The number of Topliss-reactive ketones (excluding diaryl/α,β-unsaturated/α-hetero) is 1. The normalized spacial score (nSPS) is 20.9. The number of H-pyrrole nitrogens is 1. The first-order valence-electron chi connectivity index (χ1n) is 12.0. The van der Waals surface area contributed by atoms with Crippen molar-refractivity contribution in [2.24, 2.45) is 5.41 Å². The van der Waals surface area contributed by atoms with Crippen LogP contribution in [0.1, 0.15) is 89.2 Å². The van der Waals surface area contributed by atoms with E-state index >= 15 is 0 Å². The molecule has 33 heavy (non-hydrogen) atoms. The van der Waals surface area contributed by atoms with Gasteiger partial charge in [-0.05, 0) is 62.4 Å². The largest absolute Gasteiger partial charge is 0.358 e. The third-order valence-corrected chi connectivity index (χ3v) is 7.44. The summed E-state index contributed by atoms with van der Waals surface area (Å²) in [6, 6.07) is 5.45. The van der Waals surface area contributed by atoms with Gasteiger partial charge in [0.05, 0.1) is 5.57 Å². The van der Waals surface area contributed by atoms with Gasteiger partial charge in [-0.1, -0.05) is 26.7 Å². The third-order valence-electron chi connectivity index (χ3n) is 7.44. The van der Waals surface area contributed by atoms with Gasteiger partial charge in [0, 0.05) is 52.3 Å². The quantitative estimate of drug-likeness (QED) is 0.639. The molecular formula is C27H31N3O3. The summed E-state index contributed by atoms with van der Waals surface area (Å²) >= 11 is 0. The minimum Gasteiger partial charge on any atom is -0.358 e. The topological polar surface area (TPSA) is 82.3 Å². The Hall–Kier alpha value is -3.15. The molecule has 1 aromatic heterocycles. The van der Waals surface area contributed by atoms with E-state index in [1.165, 1.54) is 12.8 Å². The maximum Gasteiger partial charge on any atom is 0.256 e. The lowest BCUT2D eigenvalue weighted by Gasteiger charge is -2.28. The number of hydrogen-bond donors (Lipinski definition) is 2. The van der Waals surface area contributed by atoms with Crippen LogP contribution < -0.4 is 5.32 Å². The first kappa shape index (κ1) is 21.7. The Morgan fingerprint density at radius 2 is 1.82 bits per heavy atom. The Bertz CT molecular complexity index is 1190. The van der Waals surface area contributed by atoms with Crippen LogP contribution in [0.5, 0.6) is 0 Å². The van der Waals surface area contributed by atoms with Crippen LogP contribution in [0.15, 0.2) is 18.2 Å². The zero-order valence-corrected chi connectivity index (χ0v) is 19.6. The molecule has 0 atom stereocenters. The zero-order valence-electron chi connectivity index (χ0n) is 19.6. The van der Waals surface area contributed by atoms with E-state index in [0.29, 0.717) is 16.8 Å². The number of aromatic nitrogens is 1. The van der Waals surface area contributed by atoms with Crippen molar-refractivity contribution in [2.45, 2.75) is 59.3 Å². The maximum atomic E-state index is 13.1. The summed E-state index contributed by atoms with van der Waals surface area (Å²) in [6.45, 7) is 7.49. The standard InChI is InChI=1S/C27H31N3O3/c1-16-22(28-21-10-11-27(2,3)24(31)23(16)21)15-19-18-14-17(8-9-20(18)29-25(19)32)26(33)30-12-6-4-5-7-13-30/h8-9,14-15,28H,4-7,10-13H2,1-3H3,(H,29,32)/b19-15-. The van der Waals surface area contributed by atoms with E-state index in [-0.39, 0.29) is 23.0 Å². The van der Waals surface area contributed by atoms with Crippen molar-refractivity contribution in [2.75, 3.05) is 18.4 Å². The van der Waals surface area contributed by atoms with Gasteiger partial charge in [0.25, 0.3) is 11.8 Å². The molecule has 0 saturated carbocycles. The van der Waals surface area contributed by atoms with Crippen molar-refractivity contribution in [3.8, 4) is 0 Å². The van der Waals surface area contributed by atoms with Crippen molar-refractivity contribution in [1.82, 2.24) is 9.88 Å². The fourth-order valence-corrected chi connectivity index (χ4v) is 5.27. The second-order valence-electron chi connectivity index (χ2n) is 10.2. The summed E-state index contributed by atoms with van der Waals surface area (Å²) in [5.74, 6) is -0.00972. The van der Waals surface area contributed by atoms with Gasteiger partial charge in [-0.2, -0.15) is 0 Å². The van der Waals surface area contributed by atoms with Crippen LogP contribution in [-0.4, -0.2) is 40.6 Å². The molecule has 1 aliphatic carbocycles. The molecule has 0 unspecified atom stereocenters. The number of carbonyl (C=O) groups is 3. The third kappa shape index (κ3) is 3.71. The Labute approximate surface area is 194 Å².